The zero-order valence-corrected chi connectivity index (χ0v) is 17.6. The summed E-state index contributed by atoms with van der Waals surface area (Å²) in [4.78, 5) is 23.7. The number of nitriles is 1. The molecule has 0 unspecified atom stereocenters. The summed E-state index contributed by atoms with van der Waals surface area (Å²) in [7, 11) is 0. The van der Waals surface area contributed by atoms with Crippen molar-refractivity contribution in [3.63, 3.8) is 0 Å². The van der Waals surface area contributed by atoms with Gasteiger partial charge in [0.05, 0.1) is 16.1 Å². The first kappa shape index (κ1) is 19.3. The van der Waals surface area contributed by atoms with Crippen LogP contribution in [-0.4, -0.2) is 53.4 Å². The van der Waals surface area contributed by atoms with Gasteiger partial charge in [-0.25, -0.2) is 4.98 Å². The van der Waals surface area contributed by atoms with Gasteiger partial charge in [0, 0.05) is 52.0 Å². The Bertz CT molecular complexity index is 1000. The van der Waals surface area contributed by atoms with Gasteiger partial charge in [0.15, 0.2) is 0 Å². The number of rotatable bonds is 5. The molecule has 0 bridgehead atoms. The molecule has 1 amide bonds. The van der Waals surface area contributed by atoms with Gasteiger partial charge in [0.2, 0.25) is 0 Å². The van der Waals surface area contributed by atoms with Crippen molar-refractivity contribution in [3.05, 3.63) is 57.7 Å². The molecule has 0 atom stereocenters. The van der Waals surface area contributed by atoms with E-state index in [0.29, 0.717) is 28.6 Å². The Hall–Kier alpha value is -2.62. The van der Waals surface area contributed by atoms with Gasteiger partial charge in [-0.15, -0.1) is 0 Å². The molecule has 1 aromatic heterocycles. The van der Waals surface area contributed by atoms with Gasteiger partial charge >= 0.3 is 0 Å². The molecule has 2 fully saturated rings. The van der Waals surface area contributed by atoms with E-state index in [1.54, 1.807) is 6.20 Å². The van der Waals surface area contributed by atoms with E-state index < -0.39 is 0 Å². The van der Waals surface area contributed by atoms with Gasteiger partial charge in [-0.05, 0) is 48.1 Å². The smallest absolute Gasteiger partial charge is 0.256 e. The molecular formula is C23H24ClN5O. The molecule has 1 aromatic carbocycles. The number of amides is 1. The van der Waals surface area contributed by atoms with Crippen LogP contribution in [0.2, 0.25) is 5.02 Å². The quantitative estimate of drug-likeness (QED) is 0.741. The van der Waals surface area contributed by atoms with Crippen LogP contribution in [0.3, 0.4) is 0 Å². The fourth-order valence-electron chi connectivity index (χ4n) is 4.41. The van der Waals surface area contributed by atoms with Gasteiger partial charge in [0.1, 0.15) is 11.9 Å². The van der Waals surface area contributed by atoms with Crippen molar-refractivity contribution in [2.24, 2.45) is 5.92 Å². The van der Waals surface area contributed by atoms with Crippen molar-refractivity contribution in [1.29, 1.82) is 5.26 Å². The Labute approximate surface area is 181 Å². The highest BCUT2D eigenvalue weighted by Gasteiger charge is 2.34. The van der Waals surface area contributed by atoms with Crippen LogP contribution in [0.4, 0.5) is 5.82 Å². The zero-order valence-electron chi connectivity index (χ0n) is 16.9. The lowest BCUT2D eigenvalue weighted by molar-refractivity contribution is 0.0771. The van der Waals surface area contributed by atoms with Crippen LogP contribution in [0.15, 0.2) is 30.5 Å². The summed E-state index contributed by atoms with van der Waals surface area (Å²) in [6.07, 6.45) is 4.11. The number of piperazine rings is 1. The van der Waals surface area contributed by atoms with Crippen molar-refractivity contribution < 1.29 is 4.79 Å². The van der Waals surface area contributed by atoms with E-state index in [1.165, 1.54) is 18.4 Å². The molecule has 30 heavy (non-hydrogen) atoms. The average Bonchev–Trinajstić information content (AvgIpc) is 3.52. The second-order valence-electron chi connectivity index (χ2n) is 8.52. The van der Waals surface area contributed by atoms with Crippen LogP contribution in [0, 0.1) is 17.2 Å². The molecule has 7 heteroatoms. The van der Waals surface area contributed by atoms with Crippen LogP contribution >= 0.6 is 11.6 Å². The first-order valence-electron chi connectivity index (χ1n) is 10.5. The molecule has 1 saturated heterocycles. The lowest BCUT2D eigenvalue weighted by Gasteiger charge is -2.35. The van der Waals surface area contributed by atoms with E-state index in [1.807, 2.05) is 23.1 Å². The van der Waals surface area contributed by atoms with Crippen LogP contribution < -0.4 is 4.90 Å². The van der Waals surface area contributed by atoms with Crippen LogP contribution in [0.5, 0.6) is 0 Å². The van der Waals surface area contributed by atoms with Crippen molar-refractivity contribution >= 4 is 23.3 Å². The second kappa shape index (κ2) is 7.90. The van der Waals surface area contributed by atoms with Gasteiger partial charge in [-0.3, -0.25) is 9.69 Å². The monoisotopic (exact) mass is 421 g/mol. The number of fused-ring (bicyclic) bond motifs is 1. The van der Waals surface area contributed by atoms with E-state index in [4.69, 9.17) is 16.9 Å². The number of halogens is 1. The number of pyridine rings is 1. The van der Waals surface area contributed by atoms with Crippen LogP contribution in [0.1, 0.15) is 39.9 Å². The van der Waals surface area contributed by atoms with Crippen molar-refractivity contribution in [1.82, 2.24) is 14.8 Å². The number of anilines is 1. The maximum Gasteiger partial charge on any atom is 0.256 e. The van der Waals surface area contributed by atoms with Crippen LogP contribution in [0.25, 0.3) is 0 Å². The van der Waals surface area contributed by atoms with E-state index in [2.05, 4.69) is 26.9 Å². The van der Waals surface area contributed by atoms with Gasteiger partial charge in [0.25, 0.3) is 5.91 Å². The van der Waals surface area contributed by atoms with E-state index in [-0.39, 0.29) is 5.91 Å². The summed E-state index contributed by atoms with van der Waals surface area (Å²) in [5.74, 6) is 1.70. The minimum atomic E-state index is 0.0944. The second-order valence-corrected chi connectivity index (χ2v) is 8.93. The molecule has 2 aliphatic heterocycles. The highest BCUT2D eigenvalue weighted by molar-refractivity contribution is 6.34. The Morgan fingerprint density at radius 3 is 2.63 bits per heavy atom. The number of carbonyl (C=O) groups excluding carboxylic acids is 1. The standard InChI is InChI=1S/C23H24ClN5O/c24-20-10-18(9-19-15-29(14-16-1-2-16)23(30)22(19)20)13-27-5-7-28(8-6-27)21-4-3-17(11-25)12-26-21/h3-4,9-10,12,16H,1-2,5-8,13-15H2. The Balaban J connectivity index is 1.21. The third kappa shape index (κ3) is 3.88. The summed E-state index contributed by atoms with van der Waals surface area (Å²) >= 11 is 6.53. The molecule has 1 saturated carbocycles. The number of carbonyl (C=O) groups is 1. The molecule has 0 spiro atoms. The molecule has 0 N–H and O–H groups in total. The zero-order chi connectivity index (χ0) is 20.7. The number of hydrogen-bond acceptors (Lipinski definition) is 5. The fourth-order valence-corrected chi connectivity index (χ4v) is 4.75. The van der Waals surface area contributed by atoms with Gasteiger partial charge < -0.3 is 9.80 Å². The molecule has 0 radical (unpaired) electrons. The van der Waals surface area contributed by atoms with E-state index in [0.717, 1.165) is 50.6 Å². The molecule has 3 aliphatic rings. The Morgan fingerprint density at radius 2 is 1.97 bits per heavy atom. The normalized spacial score (nSPS) is 19.1. The SMILES string of the molecule is N#Cc1ccc(N2CCN(Cc3cc(Cl)c4c(c3)CN(CC3CC3)C4=O)CC2)nc1. The van der Waals surface area contributed by atoms with Crippen molar-refractivity contribution in [3.8, 4) is 6.07 Å². The number of nitrogens with zero attached hydrogens (tertiary/aromatic N) is 5. The summed E-state index contributed by atoms with van der Waals surface area (Å²) in [5, 5.41) is 9.51. The van der Waals surface area contributed by atoms with E-state index >= 15 is 0 Å². The molecular weight excluding hydrogens is 398 g/mol. The maximum absolute atomic E-state index is 12.7. The predicted octanol–water partition coefficient (Wildman–Crippen LogP) is 3.29. The van der Waals surface area contributed by atoms with Gasteiger partial charge in [-0.1, -0.05) is 17.7 Å². The van der Waals surface area contributed by atoms with Gasteiger partial charge in [-0.2, -0.15) is 5.26 Å². The molecule has 3 heterocycles. The molecule has 2 aromatic rings. The summed E-state index contributed by atoms with van der Waals surface area (Å²) in [6.45, 7) is 6.04. The lowest BCUT2D eigenvalue weighted by Crippen LogP contribution is -2.46. The van der Waals surface area contributed by atoms with Crippen LogP contribution in [-0.2, 0) is 13.1 Å². The highest BCUT2D eigenvalue weighted by atomic mass is 35.5. The summed E-state index contributed by atoms with van der Waals surface area (Å²) in [5.41, 5.74) is 3.53. The summed E-state index contributed by atoms with van der Waals surface area (Å²) < 4.78 is 0. The average molecular weight is 422 g/mol. The first-order chi connectivity index (χ1) is 14.6. The summed E-state index contributed by atoms with van der Waals surface area (Å²) in [6, 6.07) is 9.97. The molecule has 6 nitrogen and oxygen atoms in total. The molecule has 154 valence electrons. The fraction of sp³-hybridized carbons (Fsp3) is 0.435. The maximum atomic E-state index is 12.7. The molecule has 5 rings (SSSR count). The number of aromatic nitrogens is 1. The Kier molecular flexibility index (Phi) is 5.10. The topological polar surface area (TPSA) is 63.5 Å². The lowest BCUT2D eigenvalue weighted by atomic mass is 10.1. The largest absolute Gasteiger partial charge is 0.354 e. The number of hydrogen-bond donors (Lipinski definition) is 0. The minimum Gasteiger partial charge on any atom is -0.354 e. The Morgan fingerprint density at radius 1 is 1.17 bits per heavy atom. The van der Waals surface area contributed by atoms with Crippen molar-refractivity contribution in [2.75, 3.05) is 37.6 Å². The first-order valence-corrected chi connectivity index (χ1v) is 10.9. The van der Waals surface area contributed by atoms with Crippen molar-refractivity contribution in [2.45, 2.75) is 25.9 Å². The third-order valence-electron chi connectivity index (χ3n) is 6.25. The number of benzene rings is 1. The molecule has 1 aliphatic carbocycles. The minimum absolute atomic E-state index is 0.0944. The highest BCUT2D eigenvalue weighted by Crippen LogP contribution is 2.36. The van der Waals surface area contributed by atoms with E-state index in [9.17, 15) is 4.79 Å². The predicted molar refractivity (Wildman–Crippen MR) is 115 cm³/mol. The third-order valence-corrected chi connectivity index (χ3v) is 6.55.